The van der Waals surface area contributed by atoms with Gasteiger partial charge in [-0.15, -0.1) is 0 Å². The van der Waals surface area contributed by atoms with Gasteiger partial charge < -0.3 is 5.32 Å². The van der Waals surface area contributed by atoms with Crippen molar-refractivity contribution in [3.8, 4) is 6.07 Å². The molecule has 0 aromatic carbocycles. The van der Waals surface area contributed by atoms with E-state index in [0.717, 1.165) is 24.4 Å². The zero-order valence-electron chi connectivity index (χ0n) is 9.66. The molecule has 86 valence electrons. The van der Waals surface area contributed by atoms with Crippen molar-refractivity contribution in [2.45, 2.75) is 33.2 Å². The number of nitrogens with one attached hydrogen (secondary N) is 1. The molecule has 0 aliphatic carbocycles. The van der Waals surface area contributed by atoms with E-state index in [-0.39, 0.29) is 12.3 Å². The first-order chi connectivity index (χ1) is 7.63. The molecule has 5 heteroatoms. The van der Waals surface area contributed by atoms with Crippen molar-refractivity contribution in [1.82, 2.24) is 15.1 Å². The Hall–Kier alpha value is -1.83. The van der Waals surface area contributed by atoms with Crippen LogP contribution in [0.5, 0.6) is 0 Å². The second-order valence-corrected chi connectivity index (χ2v) is 3.69. The van der Waals surface area contributed by atoms with E-state index in [4.69, 9.17) is 5.26 Å². The van der Waals surface area contributed by atoms with Gasteiger partial charge in [-0.3, -0.25) is 9.48 Å². The second kappa shape index (κ2) is 5.91. The lowest BCUT2D eigenvalue weighted by atomic mass is 10.3. The summed E-state index contributed by atoms with van der Waals surface area (Å²) in [7, 11) is 0. The molecule has 1 rings (SSSR count). The first-order valence-corrected chi connectivity index (χ1v) is 5.28. The van der Waals surface area contributed by atoms with Gasteiger partial charge in [-0.1, -0.05) is 0 Å². The summed E-state index contributed by atoms with van der Waals surface area (Å²) in [5.41, 5.74) is 2.13. The molecule has 1 heterocycles. The maximum Gasteiger partial charge on any atom is 0.234 e. The van der Waals surface area contributed by atoms with Crippen LogP contribution in [0, 0.1) is 25.2 Å². The van der Waals surface area contributed by atoms with Gasteiger partial charge in [-0.05, 0) is 26.3 Å². The molecular weight excluding hydrogens is 204 g/mol. The van der Waals surface area contributed by atoms with E-state index >= 15 is 0 Å². The predicted octanol–water partition coefficient (Wildman–Crippen LogP) is 0.920. The maximum absolute atomic E-state index is 11.0. The van der Waals surface area contributed by atoms with Gasteiger partial charge in [0.1, 0.15) is 6.42 Å². The predicted molar refractivity (Wildman–Crippen MR) is 59.6 cm³/mol. The van der Waals surface area contributed by atoms with E-state index in [2.05, 4.69) is 10.4 Å². The number of amides is 1. The minimum absolute atomic E-state index is 0.0695. The van der Waals surface area contributed by atoms with Crippen molar-refractivity contribution in [2.75, 3.05) is 6.54 Å². The van der Waals surface area contributed by atoms with E-state index in [9.17, 15) is 4.79 Å². The average molecular weight is 220 g/mol. The van der Waals surface area contributed by atoms with Gasteiger partial charge in [0.15, 0.2) is 0 Å². The highest BCUT2D eigenvalue weighted by Gasteiger charge is 2.01. The minimum atomic E-state index is -0.212. The molecular formula is C11H16N4O. The Morgan fingerprint density at radius 1 is 1.62 bits per heavy atom. The third-order valence-corrected chi connectivity index (χ3v) is 2.21. The lowest BCUT2D eigenvalue weighted by Crippen LogP contribution is -2.24. The second-order valence-electron chi connectivity index (χ2n) is 3.69. The van der Waals surface area contributed by atoms with Crippen molar-refractivity contribution < 1.29 is 4.79 Å². The molecule has 0 aliphatic rings. The Labute approximate surface area is 95.1 Å². The molecule has 0 aliphatic heterocycles. The summed E-state index contributed by atoms with van der Waals surface area (Å²) < 4.78 is 1.92. The van der Waals surface area contributed by atoms with Crippen molar-refractivity contribution in [1.29, 1.82) is 5.26 Å². The van der Waals surface area contributed by atoms with E-state index in [1.807, 2.05) is 30.7 Å². The Kier molecular flexibility index (Phi) is 4.52. The number of carbonyl (C=O) groups excluding carboxylic acids is 1. The monoisotopic (exact) mass is 220 g/mol. The van der Waals surface area contributed by atoms with E-state index < -0.39 is 0 Å². The fraction of sp³-hybridized carbons (Fsp3) is 0.545. The molecule has 0 bridgehead atoms. The van der Waals surface area contributed by atoms with Crippen molar-refractivity contribution in [3.63, 3.8) is 0 Å². The number of aromatic nitrogens is 2. The van der Waals surface area contributed by atoms with Gasteiger partial charge in [-0.2, -0.15) is 10.4 Å². The topological polar surface area (TPSA) is 70.7 Å². The summed E-state index contributed by atoms with van der Waals surface area (Å²) in [6.45, 7) is 5.33. The summed E-state index contributed by atoms with van der Waals surface area (Å²) in [5.74, 6) is -0.212. The van der Waals surface area contributed by atoms with Crippen molar-refractivity contribution in [3.05, 3.63) is 17.5 Å². The minimum Gasteiger partial charge on any atom is -0.355 e. The summed E-state index contributed by atoms with van der Waals surface area (Å²) in [6, 6.07) is 3.83. The number of rotatable bonds is 5. The number of hydrogen-bond acceptors (Lipinski definition) is 3. The summed E-state index contributed by atoms with van der Waals surface area (Å²) in [6.07, 6.45) is 0.749. The first kappa shape index (κ1) is 12.2. The number of nitriles is 1. The highest BCUT2D eigenvalue weighted by Crippen LogP contribution is 2.02. The number of carbonyl (C=O) groups is 1. The van der Waals surface area contributed by atoms with Crippen LogP contribution in [-0.2, 0) is 11.3 Å². The molecule has 0 spiro atoms. The highest BCUT2D eigenvalue weighted by atomic mass is 16.1. The number of nitrogens with zero attached hydrogens (tertiary/aromatic N) is 3. The van der Waals surface area contributed by atoms with Crippen LogP contribution in [0.15, 0.2) is 6.07 Å². The quantitative estimate of drug-likeness (QED) is 0.750. The molecule has 0 atom stereocenters. The molecule has 5 nitrogen and oxygen atoms in total. The summed E-state index contributed by atoms with van der Waals surface area (Å²) >= 11 is 0. The van der Waals surface area contributed by atoms with E-state index in [1.165, 1.54) is 0 Å². The first-order valence-electron chi connectivity index (χ1n) is 5.28. The number of hydrogen-bond donors (Lipinski definition) is 1. The van der Waals surface area contributed by atoms with Crippen molar-refractivity contribution >= 4 is 5.91 Å². The highest BCUT2D eigenvalue weighted by molar-refractivity contribution is 5.77. The van der Waals surface area contributed by atoms with Crippen LogP contribution < -0.4 is 5.32 Å². The third kappa shape index (κ3) is 3.73. The van der Waals surface area contributed by atoms with Crippen LogP contribution >= 0.6 is 0 Å². The summed E-state index contributed by atoms with van der Waals surface area (Å²) in [4.78, 5) is 11.0. The van der Waals surface area contributed by atoms with Gasteiger partial charge in [0, 0.05) is 18.8 Å². The van der Waals surface area contributed by atoms with Gasteiger partial charge in [0.2, 0.25) is 5.91 Å². The zero-order chi connectivity index (χ0) is 12.0. The van der Waals surface area contributed by atoms with Gasteiger partial charge in [0.05, 0.1) is 11.8 Å². The van der Waals surface area contributed by atoms with Gasteiger partial charge in [0.25, 0.3) is 0 Å². The molecule has 0 unspecified atom stereocenters. The average Bonchev–Trinajstić information content (AvgIpc) is 2.53. The smallest absolute Gasteiger partial charge is 0.234 e. The molecule has 0 saturated carbocycles. The molecule has 1 N–H and O–H groups in total. The maximum atomic E-state index is 11.0. The van der Waals surface area contributed by atoms with Gasteiger partial charge >= 0.3 is 0 Å². The standard InChI is InChI=1S/C11H16N4O/c1-9-8-10(2)15(14-9)7-3-6-13-11(16)4-5-12/h8H,3-4,6-7H2,1-2H3,(H,13,16). The lowest BCUT2D eigenvalue weighted by molar-refractivity contribution is -0.120. The van der Waals surface area contributed by atoms with E-state index in [0.29, 0.717) is 6.54 Å². The molecule has 16 heavy (non-hydrogen) atoms. The SMILES string of the molecule is Cc1cc(C)n(CCCNC(=O)CC#N)n1. The van der Waals surface area contributed by atoms with Crippen LogP contribution in [-0.4, -0.2) is 22.2 Å². The molecule has 0 radical (unpaired) electrons. The molecule has 1 amide bonds. The Balaban J connectivity index is 2.24. The molecule has 0 fully saturated rings. The lowest BCUT2D eigenvalue weighted by Gasteiger charge is -2.05. The molecule has 1 aromatic rings. The van der Waals surface area contributed by atoms with Crippen molar-refractivity contribution in [2.24, 2.45) is 0 Å². The molecule has 0 saturated heterocycles. The Morgan fingerprint density at radius 2 is 2.38 bits per heavy atom. The normalized spacial score (nSPS) is 9.81. The fourth-order valence-electron chi connectivity index (χ4n) is 1.49. The molecule has 1 aromatic heterocycles. The van der Waals surface area contributed by atoms with E-state index in [1.54, 1.807) is 0 Å². The number of aryl methyl sites for hydroxylation is 3. The van der Waals surface area contributed by atoms with Crippen LogP contribution in [0.4, 0.5) is 0 Å². The summed E-state index contributed by atoms with van der Waals surface area (Å²) in [5, 5.41) is 15.3. The fourth-order valence-corrected chi connectivity index (χ4v) is 1.49. The third-order valence-electron chi connectivity index (χ3n) is 2.21. The van der Waals surface area contributed by atoms with Crippen LogP contribution in [0.2, 0.25) is 0 Å². The largest absolute Gasteiger partial charge is 0.355 e. The Bertz CT molecular complexity index is 403. The van der Waals surface area contributed by atoms with Gasteiger partial charge in [-0.25, -0.2) is 0 Å². The Morgan fingerprint density at radius 3 is 2.94 bits per heavy atom. The zero-order valence-corrected chi connectivity index (χ0v) is 9.66. The van der Waals surface area contributed by atoms with Crippen LogP contribution in [0.1, 0.15) is 24.2 Å². The van der Waals surface area contributed by atoms with Crippen LogP contribution in [0.25, 0.3) is 0 Å². The van der Waals surface area contributed by atoms with Crippen LogP contribution in [0.3, 0.4) is 0 Å².